The van der Waals surface area contributed by atoms with Crippen LogP contribution in [0, 0.1) is 0 Å². The van der Waals surface area contributed by atoms with Crippen molar-refractivity contribution >= 4 is 17.6 Å². The van der Waals surface area contributed by atoms with Crippen molar-refractivity contribution in [1.82, 2.24) is 15.1 Å². The summed E-state index contributed by atoms with van der Waals surface area (Å²) in [5.41, 5.74) is 1.37. The Bertz CT molecular complexity index is 629. The van der Waals surface area contributed by atoms with E-state index < -0.39 is 0 Å². The molecule has 0 radical (unpaired) electrons. The Morgan fingerprint density at radius 2 is 2.00 bits per heavy atom. The largest absolute Gasteiger partial charge is 0.392 e. The smallest absolute Gasteiger partial charge is 0.321 e. The van der Waals surface area contributed by atoms with Gasteiger partial charge in [0.2, 0.25) is 0 Å². The second-order valence-electron chi connectivity index (χ2n) is 6.59. The third-order valence-corrected chi connectivity index (χ3v) is 4.86. The van der Waals surface area contributed by atoms with Gasteiger partial charge >= 0.3 is 6.03 Å². The molecular formula is C18H26N4O3. The van der Waals surface area contributed by atoms with Crippen LogP contribution in [0.5, 0.6) is 0 Å². The number of β-amino-alcohol motifs (C(OH)–C–C–N with tert-alkyl or cyclic N) is 1. The number of aliphatic hydroxyl groups is 1. The van der Waals surface area contributed by atoms with E-state index in [0.29, 0.717) is 38.3 Å². The van der Waals surface area contributed by atoms with Crippen LogP contribution in [-0.2, 0) is 0 Å². The highest BCUT2D eigenvalue weighted by Gasteiger charge is 2.25. The minimum atomic E-state index is -0.300. The SMILES string of the molecule is CC[C@H](O)CN1CCN(C(=O)c2cccc(N3CCNC3=O)c2)CC1. The Labute approximate surface area is 148 Å². The molecule has 1 aromatic carbocycles. The molecule has 2 fully saturated rings. The first-order valence-electron chi connectivity index (χ1n) is 8.93. The minimum absolute atomic E-state index is 0.00264. The van der Waals surface area contributed by atoms with E-state index in [1.165, 1.54) is 0 Å². The molecule has 2 saturated heterocycles. The summed E-state index contributed by atoms with van der Waals surface area (Å²) in [5, 5.41) is 12.5. The summed E-state index contributed by atoms with van der Waals surface area (Å²) < 4.78 is 0. The van der Waals surface area contributed by atoms with E-state index in [2.05, 4.69) is 10.2 Å². The normalized spacial score (nSPS) is 19.8. The Kier molecular flexibility index (Phi) is 5.55. The van der Waals surface area contributed by atoms with Crippen LogP contribution in [-0.4, -0.2) is 78.8 Å². The lowest BCUT2D eigenvalue weighted by Gasteiger charge is -2.35. The zero-order valence-corrected chi connectivity index (χ0v) is 14.6. The Hall–Kier alpha value is -2.12. The number of hydrogen-bond donors (Lipinski definition) is 2. The van der Waals surface area contributed by atoms with E-state index in [4.69, 9.17) is 0 Å². The minimum Gasteiger partial charge on any atom is -0.392 e. The lowest BCUT2D eigenvalue weighted by molar-refractivity contribution is 0.0523. The van der Waals surface area contributed by atoms with Crippen LogP contribution in [0.15, 0.2) is 24.3 Å². The van der Waals surface area contributed by atoms with Gasteiger partial charge in [0.15, 0.2) is 0 Å². The molecule has 1 atom stereocenters. The number of rotatable bonds is 5. The number of carbonyl (C=O) groups excluding carboxylic acids is 2. The van der Waals surface area contributed by atoms with Crippen molar-refractivity contribution in [3.05, 3.63) is 29.8 Å². The molecular weight excluding hydrogens is 320 g/mol. The molecule has 0 spiro atoms. The zero-order chi connectivity index (χ0) is 17.8. The fourth-order valence-corrected chi connectivity index (χ4v) is 3.27. The lowest BCUT2D eigenvalue weighted by atomic mass is 10.1. The topological polar surface area (TPSA) is 76.1 Å². The van der Waals surface area contributed by atoms with Gasteiger partial charge in [0.05, 0.1) is 6.10 Å². The molecule has 25 heavy (non-hydrogen) atoms. The van der Waals surface area contributed by atoms with Crippen LogP contribution < -0.4 is 10.2 Å². The van der Waals surface area contributed by atoms with Gasteiger partial charge in [0.1, 0.15) is 0 Å². The number of aliphatic hydroxyl groups excluding tert-OH is 1. The van der Waals surface area contributed by atoms with Gasteiger partial charge in [-0.25, -0.2) is 4.79 Å². The Morgan fingerprint density at radius 1 is 1.24 bits per heavy atom. The summed E-state index contributed by atoms with van der Waals surface area (Å²) in [7, 11) is 0. The first-order valence-corrected chi connectivity index (χ1v) is 8.93. The van der Waals surface area contributed by atoms with Crippen molar-refractivity contribution in [2.24, 2.45) is 0 Å². The average molecular weight is 346 g/mol. The number of piperazine rings is 1. The fraction of sp³-hybridized carbons (Fsp3) is 0.556. The first-order chi connectivity index (χ1) is 12.1. The van der Waals surface area contributed by atoms with Crippen molar-refractivity contribution in [2.45, 2.75) is 19.4 Å². The van der Waals surface area contributed by atoms with E-state index in [1.54, 1.807) is 17.0 Å². The van der Waals surface area contributed by atoms with Crippen LogP contribution in [0.25, 0.3) is 0 Å². The molecule has 1 aromatic rings. The number of nitrogens with zero attached hydrogens (tertiary/aromatic N) is 3. The first kappa shape index (κ1) is 17.7. The molecule has 2 aliphatic rings. The molecule has 0 saturated carbocycles. The molecule has 0 unspecified atom stereocenters. The molecule has 2 heterocycles. The summed E-state index contributed by atoms with van der Waals surface area (Å²) in [6.45, 7) is 6.75. The molecule has 0 bridgehead atoms. The van der Waals surface area contributed by atoms with Crippen LogP contribution in [0.2, 0.25) is 0 Å². The van der Waals surface area contributed by atoms with Crippen molar-refractivity contribution in [3.63, 3.8) is 0 Å². The Balaban J connectivity index is 1.61. The van der Waals surface area contributed by atoms with Crippen LogP contribution in [0.1, 0.15) is 23.7 Å². The summed E-state index contributed by atoms with van der Waals surface area (Å²) >= 11 is 0. The van der Waals surface area contributed by atoms with E-state index in [1.807, 2.05) is 24.0 Å². The predicted octanol–water partition coefficient (Wildman–Crippen LogP) is 0.745. The molecule has 136 valence electrons. The number of urea groups is 1. The van der Waals surface area contributed by atoms with Gasteiger partial charge in [-0.05, 0) is 24.6 Å². The third-order valence-electron chi connectivity index (χ3n) is 4.86. The quantitative estimate of drug-likeness (QED) is 0.825. The maximum absolute atomic E-state index is 12.8. The predicted molar refractivity (Wildman–Crippen MR) is 95.8 cm³/mol. The van der Waals surface area contributed by atoms with Crippen molar-refractivity contribution in [1.29, 1.82) is 0 Å². The van der Waals surface area contributed by atoms with Gasteiger partial charge in [0, 0.05) is 57.1 Å². The van der Waals surface area contributed by atoms with Crippen molar-refractivity contribution in [2.75, 3.05) is 50.7 Å². The number of hydrogen-bond acceptors (Lipinski definition) is 4. The van der Waals surface area contributed by atoms with Gasteiger partial charge in [-0.3, -0.25) is 14.6 Å². The number of anilines is 1. The standard InChI is InChI=1S/C18H26N4O3/c1-2-16(23)13-20-8-10-21(11-9-20)17(24)14-4-3-5-15(12-14)22-7-6-19-18(22)25/h3-5,12,16,23H,2,6-11,13H2,1H3,(H,19,25)/t16-/m0/s1. The number of nitrogens with one attached hydrogen (secondary N) is 1. The van der Waals surface area contributed by atoms with E-state index in [-0.39, 0.29) is 18.0 Å². The molecule has 2 aliphatic heterocycles. The van der Waals surface area contributed by atoms with Crippen LogP contribution in [0.3, 0.4) is 0 Å². The van der Waals surface area contributed by atoms with Crippen LogP contribution in [0.4, 0.5) is 10.5 Å². The maximum atomic E-state index is 12.8. The van der Waals surface area contributed by atoms with E-state index in [9.17, 15) is 14.7 Å². The maximum Gasteiger partial charge on any atom is 0.321 e. The third kappa shape index (κ3) is 4.11. The van der Waals surface area contributed by atoms with Gasteiger partial charge in [-0.1, -0.05) is 13.0 Å². The Morgan fingerprint density at radius 3 is 2.64 bits per heavy atom. The van der Waals surface area contributed by atoms with Gasteiger partial charge in [-0.15, -0.1) is 0 Å². The second kappa shape index (κ2) is 7.84. The zero-order valence-electron chi connectivity index (χ0n) is 14.6. The highest BCUT2D eigenvalue weighted by atomic mass is 16.3. The molecule has 0 aliphatic carbocycles. The highest BCUT2D eigenvalue weighted by Crippen LogP contribution is 2.19. The van der Waals surface area contributed by atoms with Crippen LogP contribution >= 0.6 is 0 Å². The van der Waals surface area contributed by atoms with Gasteiger partial charge < -0.3 is 15.3 Å². The summed E-state index contributed by atoms with van der Waals surface area (Å²) in [6, 6.07) is 7.15. The number of benzene rings is 1. The van der Waals surface area contributed by atoms with Gasteiger partial charge in [0.25, 0.3) is 5.91 Å². The van der Waals surface area contributed by atoms with E-state index >= 15 is 0 Å². The monoisotopic (exact) mass is 346 g/mol. The molecule has 7 heteroatoms. The average Bonchev–Trinajstić information content (AvgIpc) is 3.08. The summed E-state index contributed by atoms with van der Waals surface area (Å²) in [5.74, 6) is -0.00264. The second-order valence-corrected chi connectivity index (χ2v) is 6.59. The molecule has 2 N–H and O–H groups in total. The molecule has 3 amide bonds. The molecule has 0 aromatic heterocycles. The van der Waals surface area contributed by atoms with E-state index in [0.717, 1.165) is 25.2 Å². The fourth-order valence-electron chi connectivity index (χ4n) is 3.27. The van der Waals surface area contributed by atoms with Gasteiger partial charge in [-0.2, -0.15) is 0 Å². The van der Waals surface area contributed by atoms with Crippen molar-refractivity contribution < 1.29 is 14.7 Å². The summed E-state index contributed by atoms with van der Waals surface area (Å²) in [4.78, 5) is 30.3. The summed E-state index contributed by atoms with van der Waals surface area (Å²) in [6.07, 6.45) is 0.446. The van der Waals surface area contributed by atoms with Crippen molar-refractivity contribution in [3.8, 4) is 0 Å². The number of carbonyl (C=O) groups is 2. The molecule has 7 nitrogen and oxygen atoms in total. The number of amides is 3. The highest BCUT2D eigenvalue weighted by molar-refractivity contribution is 5.98. The molecule has 3 rings (SSSR count). The lowest BCUT2D eigenvalue weighted by Crippen LogP contribution is -2.50.